The zero-order chi connectivity index (χ0) is 12.3. The number of nitrogens with zero attached hydrogens (tertiary/aromatic N) is 2. The summed E-state index contributed by atoms with van der Waals surface area (Å²) in [4.78, 5) is 11.5. The van der Waals surface area contributed by atoms with Crippen LogP contribution in [0.3, 0.4) is 0 Å². The van der Waals surface area contributed by atoms with E-state index in [1.165, 1.54) is 7.11 Å². The molecule has 16 heavy (non-hydrogen) atoms. The molecule has 0 aliphatic rings. The highest BCUT2D eigenvalue weighted by Gasteiger charge is 2.36. The number of methoxy groups -OCH3 is 1. The van der Waals surface area contributed by atoms with E-state index >= 15 is 0 Å². The number of aryl methyl sites for hydroxylation is 1. The molecule has 0 spiro atoms. The fourth-order valence-electron chi connectivity index (χ4n) is 1.71. The quantitative estimate of drug-likeness (QED) is 0.765. The lowest BCUT2D eigenvalue weighted by Gasteiger charge is -2.30. The number of hydrogen-bond acceptors (Lipinski definition) is 4. The number of carbonyl (C=O) groups excluding carboxylic acids is 1. The Labute approximate surface area is 95.6 Å². The van der Waals surface area contributed by atoms with Crippen molar-refractivity contribution >= 4 is 5.97 Å². The van der Waals surface area contributed by atoms with Gasteiger partial charge >= 0.3 is 5.97 Å². The first-order valence-corrected chi connectivity index (χ1v) is 5.30. The van der Waals surface area contributed by atoms with E-state index in [-0.39, 0.29) is 0 Å². The van der Waals surface area contributed by atoms with Crippen LogP contribution in [0.5, 0.6) is 0 Å². The van der Waals surface area contributed by atoms with Gasteiger partial charge in [-0.05, 0) is 13.0 Å². The van der Waals surface area contributed by atoms with E-state index in [2.05, 4.69) is 9.84 Å². The Morgan fingerprint density at radius 2 is 2.31 bits per heavy atom. The third-order valence-corrected chi connectivity index (χ3v) is 2.91. The normalized spacial score (nSPS) is 13.6. The zero-order valence-electron chi connectivity index (χ0n) is 10.2. The van der Waals surface area contributed by atoms with Crippen molar-refractivity contribution in [3.8, 4) is 0 Å². The van der Waals surface area contributed by atoms with Gasteiger partial charge in [0.2, 0.25) is 0 Å². The molecule has 1 aromatic rings. The van der Waals surface area contributed by atoms with Crippen molar-refractivity contribution in [2.75, 3.05) is 7.11 Å². The van der Waals surface area contributed by atoms with Crippen LogP contribution in [-0.4, -0.2) is 28.9 Å². The molecule has 0 bridgehead atoms. The largest absolute Gasteiger partial charge is 0.468 e. The predicted octanol–water partition coefficient (Wildman–Crippen LogP) is 0.681. The molecule has 2 N–H and O–H groups in total. The maximum atomic E-state index is 11.5. The summed E-state index contributed by atoms with van der Waals surface area (Å²) in [5.41, 5.74) is 6.34. The molecule has 1 aromatic heterocycles. The van der Waals surface area contributed by atoms with Crippen molar-refractivity contribution in [1.29, 1.82) is 0 Å². The SMILES string of the molecule is CCn1nccc1C(C)(C)C(N)C(=O)OC. The second-order valence-corrected chi connectivity index (χ2v) is 4.25. The number of ether oxygens (including phenoxy) is 1. The predicted molar refractivity (Wildman–Crippen MR) is 60.9 cm³/mol. The lowest BCUT2D eigenvalue weighted by molar-refractivity contribution is -0.143. The Bertz CT molecular complexity index is 371. The molecule has 90 valence electrons. The van der Waals surface area contributed by atoms with E-state index in [0.29, 0.717) is 0 Å². The van der Waals surface area contributed by atoms with Gasteiger partial charge in [0.15, 0.2) is 0 Å². The van der Waals surface area contributed by atoms with E-state index in [0.717, 1.165) is 12.2 Å². The summed E-state index contributed by atoms with van der Waals surface area (Å²) in [6, 6.07) is 1.19. The monoisotopic (exact) mass is 225 g/mol. The van der Waals surface area contributed by atoms with Gasteiger partial charge in [0.05, 0.1) is 7.11 Å². The number of nitrogens with two attached hydrogens (primary N) is 1. The molecule has 0 saturated heterocycles. The number of aromatic nitrogens is 2. The zero-order valence-corrected chi connectivity index (χ0v) is 10.2. The van der Waals surface area contributed by atoms with E-state index in [1.807, 2.05) is 31.5 Å². The van der Waals surface area contributed by atoms with Crippen LogP contribution in [0.4, 0.5) is 0 Å². The standard InChI is InChI=1S/C11H19N3O2/c1-5-14-8(6-7-13-14)11(2,3)9(12)10(15)16-4/h6-7,9H,5,12H2,1-4H3. The van der Waals surface area contributed by atoms with Gasteiger partial charge in [-0.25, -0.2) is 0 Å². The second kappa shape index (κ2) is 4.65. The number of carbonyl (C=O) groups is 1. The highest BCUT2D eigenvalue weighted by molar-refractivity contribution is 5.77. The Morgan fingerprint density at radius 3 is 2.81 bits per heavy atom. The van der Waals surface area contributed by atoms with E-state index < -0.39 is 17.4 Å². The van der Waals surface area contributed by atoms with Gasteiger partial charge in [0.25, 0.3) is 0 Å². The molecule has 0 aromatic carbocycles. The Balaban J connectivity index is 3.05. The van der Waals surface area contributed by atoms with Crippen molar-refractivity contribution in [2.24, 2.45) is 5.73 Å². The summed E-state index contributed by atoms with van der Waals surface area (Å²) in [5, 5.41) is 4.18. The minimum atomic E-state index is -0.695. The van der Waals surface area contributed by atoms with Gasteiger partial charge in [0, 0.05) is 23.9 Å². The van der Waals surface area contributed by atoms with Crippen LogP contribution in [0, 0.1) is 0 Å². The molecule has 1 heterocycles. The van der Waals surface area contributed by atoms with Crippen LogP contribution in [0.1, 0.15) is 26.5 Å². The van der Waals surface area contributed by atoms with Gasteiger partial charge in [-0.2, -0.15) is 5.10 Å². The molecule has 1 unspecified atom stereocenters. The molecule has 5 nitrogen and oxygen atoms in total. The first-order chi connectivity index (χ1) is 7.45. The minimum absolute atomic E-state index is 0.408. The van der Waals surface area contributed by atoms with Gasteiger partial charge < -0.3 is 10.5 Å². The van der Waals surface area contributed by atoms with Gasteiger partial charge in [0.1, 0.15) is 6.04 Å². The highest BCUT2D eigenvalue weighted by atomic mass is 16.5. The fourth-order valence-corrected chi connectivity index (χ4v) is 1.71. The van der Waals surface area contributed by atoms with Crippen LogP contribution in [0.15, 0.2) is 12.3 Å². The summed E-state index contributed by atoms with van der Waals surface area (Å²) < 4.78 is 6.51. The number of rotatable bonds is 4. The minimum Gasteiger partial charge on any atom is -0.468 e. The first-order valence-electron chi connectivity index (χ1n) is 5.30. The van der Waals surface area contributed by atoms with Crippen LogP contribution in [0.2, 0.25) is 0 Å². The third kappa shape index (κ3) is 2.09. The maximum absolute atomic E-state index is 11.5. The van der Waals surface area contributed by atoms with Crippen molar-refractivity contribution in [1.82, 2.24) is 9.78 Å². The highest BCUT2D eigenvalue weighted by Crippen LogP contribution is 2.26. The van der Waals surface area contributed by atoms with Crippen LogP contribution in [-0.2, 0) is 21.5 Å². The van der Waals surface area contributed by atoms with Gasteiger partial charge in [-0.15, -0.1) is 0 Å². The van der Waals surface area contributed by atoms with E-state index in [1.54, 1.807) is 6.20 Å². The molecule has 0 fully saturated rings. The van der Waals surface area contributed by atoms with Crippen molar-refractivity contribution in [2.45, 2.75) is 38.8 Å². The Morgan fingerprint density at radius 1 is 1.69 bits per heavy atom. The molecule has 0 radical (unpaired) electrons. The Kier molecular flexibility index (Phi) is 3.70. The van der Waals surface area contributed by atoms with Crippen molar-refractivity contribution < 1.29 is 9.53 Å². The third-order valence-electron chi connectivity index (χ3n) is 2.91. The lowest BCUT2D eigenvalue weighted by Crippen LogP contribution is -2.48. The fraction of sp³-hybridized carbons (Fsp3) is 0.636. The number of esters is 1. The van der Waals surface area contributed by atoms with Crippen LogP contribution >= 0.6 is 0 Å². The van der Waals surface area contributed by atoms with Gasteiger partial charge in [-0.1, -0.05) is 13.8 Å². The van der Waals surface area contributed by atoms with E-state index in [4.69, 9.17) is 5.73 Å². The molecule has 0 amide bonds. The second-order valence-electron chi connectivity index (χ2n) is 4.25. The van der Waals surface area contributed by atoms with Gasteiger partial charge in [-0.3, -0.25) is 9.48 Å². The average Bonchev–Trinajstić information content (AvgIpc) is 2.75. The summed E-state index contributed by atoms with van der Waals surface area (Å²) >= 11 is 0. The lowest BCUT2D eigenvalue weighted by atomic mass is 9.81. The van der Waals surface area contributed by atoms with Crippen LogP contribution in [0.25, 0.3) is 0 Å². The van der Waals surface area contributed by atoms with Crippen molar-refractivity contribution in [3.05, 3.63) is 18.0 Å². The molecular weight excluding hydrogens is 206 g/mol. The molecule has 5 heteroatoms. The summed E-state index contributed by atoms with van der Waals surface area (Å²) in [7, 11) is 1.34. The topological polar surface area (TPSA) is 70.1 Å². The Hall–Kier alpha value is -1.36. The summed E-state index contributed by atoms with van der Waals surface area (Å²) in [6.45, 7) is 6.57. The van der Waals surface area contributed by atoms with Crippen LogP contribution < -0.4 is 5.73 Å². The smallest absolute Gasteiger partial charge is 0.323 e. The molecule has 0 saturated carbocycles. The number of hydrogen-bond donors (Lipinski definition) is 1. The van der Waals surface area contributed by atoms with Crippen molar-refractivity contribution in [3.63, 3.8) is 0 Å². The molecule has 1 rings (SSSR count). The average molecular weight is 225 g/mol. The molecular formula is C11H19N3O2. The molecule has 0 aliphatic carbocycles. The molecule has 0 aliphatic heterocycles. The van der Waals surface area contributed by atoms with E-state index in [9.17, 15) is 4.79 Å². The maximum Gasteiger partial charge on any atom is 0.323 e. The first kappa shape index (κ1) is 12.7. The summed E-state index contributed by atoms with van der Waals surface area (Å²) in [6.07, 6.45) is 1.71. The molecule has 1 atom stereocenters. The summed E-state index contributed by atoms with van der Waals surface area (Å²) in [5.74, 6) is -0.408.